The van der Waals surface area contributed by atoms with E-state index in [1.807, 2.05) is 6.07 Å². The number of ether oxygens (including phenoxy) is 1. The number of nitrogens with zero attached hydrogens (tertiary/aromatic N) is 2. The molecule has 0 aliphatic rings. The van der Waals surface area contributed by atoms with E-state index in [0.717, 1.165) is 18.7 Å². The maximum atomic E-state index is 12.3. The van der Waals surface area contributed by atoms with Gasteiger partial charge in [-0.25, -0.2) is 0 Å². The number of aliphatic imine (C=N–C) groups is 1. The molecule has 0 aliphatic carbocycles. The number of hydrogen-bond donors (Lipinski definition) is 2. The van der Waals surface area contributed by atoms with Gasteiger partial charge in [0, 0.05) is 38.8 Å². The normalized spacial score (nSPS) is 12.3. The predicted octanol–water partition coefficient (Wildman–Crippen LogP) is 4.03. The van der Waals surface area contributed by atoms with Crippen molar-refractivity contribution in [2.75, 3.05) is 26.7 Å². The molecule has 0 atom stereocenters. The van der Waals surface area contributed by atoms with Crippen molar-refractivity contribution < 1.29 is 17.9 Å². The van der Waals surface area contributed by atoms with Crippen molar-refractivity contribution in [3.8, 4) is 5.75 Å². The monoisotopic (exact) mass is 516 g/mol. The first-order chi connectivity index (χ1) is 12.6. The average Bonchev–Trinajstić information content (AvgIpc) is 2.58. The van der Waals surface area contributed by atoms with Crippen molar-refractivity contribution in [1.29, 1.82) is 0 Å². The van der Waals surface area contributed by atoms with Crippen molar-refractivity contribution in [2.45, 2.75) is 52.5 Å². The number of rotatable bonds is 9. The molecule has 0 aliphatic heterocycles. The largest absolute Gasteiger partial charge is 0.484 e. The number of halogens is 4. The maximum Gasteiger partial charge on any atom is 0.422 e. The third-order valence-electron chi connectivity index (χ3n) is 3.97. The Morgan fingerprint density at radius 1 is 1.14 bits per heavy atom. The number of hydrogen-bond acceptors (Lipinski definition) is 3. The molecule has 0 heterocycles. The van der Waals surface area contributed by atoms with Gasteiger partial charge in [-0.2, -0.15) is 13.2 Å². The van der Waals surface area contributed by atoms with Crippen LogP contribution in [0.1, 0.15) is 33.3 Å². The summed E-state index contributed by atoms with van der Waals surface area (Å²) in [5.74, 6) is 0.836. The van der Waals surface area contributed by atoms with Gasteiger partial charge in [0.1, 0.15) is 5.75 Å². The topological polar surface area (TPSA) is 48.9 Å². The SMILES string of the molecule is CN=C(NCCN(C(C)C)C(C)C)NCc1cccc(OCC(F)(F)F)c1.I. The van der Waals surface area contributed by atoms with Crippen molar-refractivity contribution in [2.24, 2.45) is 4.99 Å². The Balaban J connectivity index is 0.00000729. The first kappa shape index (κ1) is 26.8. The zero-order chi connectivity index (χ0) is 20.4. The highest BCUT2D eigenvalue weighted by atomic mass is 127. The lowest BCUT2D eigenvalue weighted by Crippen LogP contribution is -2.45. The lowest BCUT2D eigenvalue weighted by molar-refractivity contribution is -0.153. The summed E-state index contributed by atoms with van der Waals surface area (Å²) in [6.07, 6.45) is -4.35. The quantitative estimate of drug-likeness (QED) is 0.296. The molecule has 0 saturated heterocycles. The summed E-state index contributed by atoms with van der Waals surface area (Å²) in [5, 5.41) is 6.42. The third kappa shape index (κ3) is 10.9. The lowest BCUT2D eigenvalue weighted by atomic mass is 10.2. The van der Waals surface area contributed by atoms with Crippen LogP contribution >= 0.6 is 24.0 Å². The van der Waals surface area contributed by atoms with Crippen molar-refractivity contribution in [3.05, 3.63) is 29.8 Å². The molecule has 0 fully saturated rings. The highest BCUT2D eigenvalue weighted by molar-refractivity contribution is 14.0. The third-order valence-corrected chi connectivity index (χ3v) is 3.97. The highest BCUT2D eigenvalue weighted by Crippen LogP contribution is 2.19. The molecule has 0 amide bonds. The van der Waals surface area contributed by atoms with E-state index in [1.54, 1.807) is 19.2 Å². The fraction of sp³-hybridized carbons (Fsp3) is 0.632. The van der Waals surface area contributed by atoms with E-state index in [0.29, 0.717) is 24.6 Å². The molecule has 2 N–H and O–H groups in total. The second-order valence-electron chi connectivity index (χ2n) is 6.83. The van der Waals surface area contributed by atoms with Crippen molar-refractivity contribution in [3.63, 3.8) is 0 Å². The van der Waals surface area contributed by atoms with Crippen molar-refractivity contribution in [1.82, 2.24) is 15.5 Å². The number of nitrogens with one attached hydrogen (secondary N) is 2. The van der Waals surface area contributed by atoms with Crippen LogP contribution in [0.5, 0.6) is 5.75 Å². The van der Waals surface area contributed by atoms with E-state index in [-0.39, 0.29) is 29.7 Å². The standard InChI is InChI=1S/C19H31F3N4O.HI/c1-14(2)26(15(3)4)10-9-24-18(23-5)25-12-16-7-6-8-17(11-16)27-13-19(20,21)22;/h6-8,11,14-15H,9-10,12-13H2,1-5H3,(H2,23,24,25);1H. The molecule has 28 heavy (non-hydrogen) atoms. The molecule has 0 bridgehead atoms. The molecule has 0 unspecified atom stereocenters. The van der Waals surface area contributed by atoms with Gasteiger partial charge in [-0.3, -0.25) is 9.89 Å². The van der Waals surface area contributed by atoms with E-state index < -0.39 is 12.8 Å². The molecule has 1 rings (SSSR count). The van der Waals surface area contributed by atoms with E-state index in [1.165, 1.54) is 6.07 Å². The van der Waals surface area contributed by atoms with E-state index in [2.05, 4.69) is 48.2 Å². The van der Waals surface area contributed by atoms with Gasteiger partial charge in [-0.05, 0) is 45.4 Å². The summed E-state index contributed by atoms with van der Waals surface area (Å²) in [5.41, 5.74) is 0.809. The van der Waals surface area contributed by atoms with E-state index >= 15 is 0 Å². The van der Waals surface area contributed by atoms with Crippen LogP contribution in [-0.4, -0.2) is 55.9 Å². The van der Waals surface area contributed by atoms with Crippen molar-refractivity contribution >= 4 is 29.9 Å². The summed E-state index contributed by atoms with van der Waals surface area (Å²) in [7, 11) is 1.68. The molecule has 9 heteroatoms. The van der Waals surface area contributed by atoms with Crippen LogP contribution in [0.15, 0.2) is 29.3 Å². The summed E-state index contributed by atoms with van der Waals surface area (Å²) in [4.78, 5) is 6.55. The van der Waals surface area contributed by atoms with Gasteiger partial charge in [0.2, 0.25) is 0 Å². The molecular weight excluding hydrogens is 484 g/mol. The van der Waals surface area contributed by atoms with Gasteiger partial charge >= 0.3 is 6.18 Å². The second-order valence-corrected chi connectivity index (χ2v) is 6.83. The van der Waals surface area contributed by atoms with Gasteiger partial charge in [0.05, 0.1) is 0 Å². The molecular formula is C19H32F3IN4O. The van der Waals surface area contributed by atoms with Crippen LogP contribution in [0.4, 0.5) is 13.2 Å². The Morgan fingerprint density at radius 2 is 1.79 bits per heavy atom. The Morgan fingerprint density at radius 3 is 2.32 bits per heavy atom. The van der Waals surface area contributed by atoms with E-state index in [9.17, 15) is 13.2 Å². The maximum absolute atomic E-state index is 12.3. The van der Waals surface area contributed by atoms with Crippen LogP contribution in [-0.2, 0) is 6.54 Å². The molecule has 0 saturated carbocycles. The first-order valence-electron chi connectivity index (χ1n) is 9.11. The Kier molecular flexibility index (Phi) is 12.5. The minimum atomic E-state index is -4.35. The summed E-state index contributed by atoms with van der Waals surface area (Å²) < 4.78 is 41.5. The Labute approximate surface area is 183 Å². The zero-order valence-corrected chi connectivity index (χ0v) is 19.5. The van der Waals surface area contributed by atoms with Gasteiger partial charge in [0.25, 0.3) is 0 Å². The number of benzene rings is 1. The minimum absolute atomic E-state index is 0. The summed E-state index contributed by atoms with van der Waals surface area (Å²) in [6, 6.07) is 7.50. The summed E-state index contributed by atoms with van der Waals surface area (Å²) >= 11 is 0. The second kappa shape index (κ2) is 13.1. The first-order valence-corrected chi connectivity index (χ1v) is 9.11. The van der Waals surface area contributed by atoms with Gasteiger partial charge < -0.3 is 15.4 Å². The van der Waals surface area contributed by atoms with Gasteiger partial charge in [-0.15, -0.1) is 24.0 Å². The molecule has 5 nitrogen and oxygen atoms in total. The fourth-order valence-corrected chi connectivity index (χ4v) is 2.73. The Hall–Kier alpha value is -1.23. The molecule has 162 valence electrons. The summed E-state index contributed by atoms with van der Waals surface area (Å²) in [6.45, 7) is 9.43. The lowest BCUT2D eigenvalue weighted by Gasteiger charge is -2.30. The van der Waals surface area contributed by atoms with Crippen LogP contribution in [0.2, 0.25) is 0 Å². The van der Waals surface area contributed by atoms with Crippen LogP contribution < -0.4 is 15.4 Å². The molecule has 1 aromatic carbocycles. The fourth-order valence-electron chi connectivity index (χ4n) is 2.73. The zero-order valence-electron chi connectivity index (χ0n) is 17.1. The predicted molar refractivity (Wildman–Crippen MR) is 119 cm³/mol. The van der Waals surface area contributed by atoms with Gasteiger partial charge in [-0.1, -0.05) is 12.1 Å². The van der Waals surface area contributed by atoms with E-state index in [4.69, 9.17) is 4.74 Å². The smallest absolute Gasteiger partial charge is 0.422 e. The average molecular weight is 516 g/mol. The van der Waals surface area contributed by atoms with Gasteiger partial charge in [0.15, 0.2) is 12.6 Å². The number of guanidine groups is 1. The molecule has 0 radical (unpaired) electrons. The van der Waals surface area contributed by atoms with Crippen LogP contribution in [0, 0.1) is 0 Å². The van der Waals surface area contributed by atoms with Crippen LogP contribution in [0.25, 0.3) is 0 Å². The molecule has 0 spiro atoms. The Bertz CT molecular complexity index is 587. The highest BCUT2D eigenvalue weighted by Gasteiger charge is 2.28. The molecule has 0 aromatic heterocycles. The molecule has 1 aromatic rings. The van der Waals surface area contributed by atoms with Crippen LogP contribution in [0.3, 0.4) is 0 Å². The number of alkyl halides is 3. The minimum Gasteiger partial charge on any atom is -0.484 e.